The highest BCUT2D eigenvalue weighted by Gasteiger charge is 2.33. The van der Waals surface area contributed by atoms with E-state index in [1.165, 1.54) is 0 Å². The van der Waals surface area contributed by atoms with Crippen LogP contribution in [0.5, 0.6) is 11.5 Å². The van der Waals surface area contributed by atoms with E-state index in [1.807, 2.05) is 38.1 Å². The van der Waals surface area contributed by atoms with Gasteiger partial charge < -0.3 is 15.2 Å². The predicted molar refractivity (Wildman–Crippen MR) is 112 cm³/mol. The summed E-state index contributed by atoms with van der Waals surface area (Å²) in [6, 6.07) is 16.0. The number of amides is 1. The summed E-state index contributed by atoms with van der Waals surface area (Å²) < 4.78 is 12.2. The van der Waals surface area contributed by atoms with Crippen molar-refractivity contribution in [3.63, 3.8) is 0 Å². The van der Waals surface area contributed by atoms with Crippen LogP contribution in [0.15, 0.2) is 67.0 Å². The lowest BCUT2D eigenvalue weighted by Gasteiger charge is -2.32. The van der Waals surface area contributed by atoms with Gasteiger partial charge in [-0.3, -0.25) is 14.6 Å². The summed E-state index contributed by atoms with van der Waals surface area (Å²) in [5, 5.41) is 0. The van der Waals surface area contributed by atoms with Gasteiger partial charge in [0, 0.05) is 29.6 Å². The predicted octanol–water partition coefficient (Wildman–Crippen LogP) is 3.73. The number of nitrogens with two attached hydrogens (primary N) is 1. The fourth-order valence-electron chi connectivity index (χ4n) is 3.59. The maximum Gasteiger partial charge on any atom is 0.248 e. The summed E-state index contributed by atoms with van der Waals surface area (Å²) in [6.07, 6.45) is 3.40. The molecule has 1 amide bonds. The van der Waals surface area contributed by atoms with E-state index in [2.05, 4.69) is 4.98 Å². The summed E-state index contributed by atoms with van der Waals surface area (Å²) in [6.45, 7) is 4.15. The Morgan fingerprint density at radius 2 is 1.77 bits per heavy atom. The monoisotopic (exact) mass is 402 g/mol. The van der Waals surface area contributed by atoms with Crippen LogP contribution in [0.2, 0.25) is 0 Å². The van der Waals surface area contributed by atoms with Crippen molar-refractivity contribution in [2.24, 2.45) is 11.7 Å². The minimum atomic E-state index is -0.876. The number of fused-ring (bicyclic) bond motifs is 1. The highest BCUT2D eigenvalue weighted by Crippen LogP contribution is 2.38. The first-order valence-corrected chi connectivity index (χ1v) is 9.69. The van der Waals surface area contributed by atoms with Gasteiger partial charge in [0.05, 0.1) is 18.1 Å². The molecule has 1 aliphatic heterocycles. The molecule has 0 saturated carbocycles. The van der Waals surface area contributed by atoms with Crippen molar-refractivity contribution in [1.82, 2.24) is 4.98 Å². The number of Topliss-reactive ketones (excluding diaryl/α,β-unsaturated/α-hetero) is 1. The number of carbonyl (C=O) groups is 2. The van der Waals surface area contributed by atoms with Crippen molar-refractivity contribution in [2.45, 2.75) is 19.4 Å². The average Bonchev–Trinajstić information content (AvgIpc) is 2.77. The van der Waals surface area contributed by atoms with E-state index in [0.717, 1.165) is 11.1 Å². The summed E-state index contributed by atoms with van der Waals surface area (Å²) in [5.41, 5.74) is 7.20. The third kappa shape index (κ3) is 3.52. The normalized spacial score (nSPS) is 17.4. The molecule has 0 aliphatic carbocycles. The molecule has 4 rings (SSSR count). The SMILES string of the molecule is C[C@@H]1COc2cc(O[C@](C)(c3ccncc3)c3ccc(C(N)=O)cc3)ccc2C1=O. The highest BCUT2D eigenvalue weighted by atomic mass is 16.5. The van der Waals surface area contributed by atoms with Gasteiger partial charge >= 0.3 is 0 Å². The first-order chi connectivity index (χ1) is 14.4. The lowest BCUT2D eigenvalue weighted by Crippen LogP contribution is -2.31. The molecular weight excluding hydrogens is 380 g/mol. The van der Waals surface area contributed by atoms with Crippen LogP contribution in [0.4, 0.5) is 0 Å². The fourth-order valence-corrected chi connectivity index (χ4v) is 3.59. The number of ketones is 1. The molecule has 0 radical (unpaired) electrons. The third-order valence-electron chi connectivity index (χ3n) is 5.43. The number of aromatic nitrogens is 1. The van der Waals surface area contributed by atoms with Crippen LogP contribution >= 0.6 is 0 Å². The van der Waals surface area contributed by atoms with Gasteiger partial charge in [-0.1, -0.05) is 19.1 Å². The van der Waals surface area contributed by atoms with Gasteiger partial charge in [0.25, 0.3) is 0 Å². The lowest BCUT2D eigenvalue weighted by atomic mass is 9.87. The molecule has 2 atom stereocenters. The van der Waals surface area contributed by atoms with Gasteiger partial charge in [0.15, 0.2) is 11.4 Å². The van der Waals surface area contributed by atoms with Crippen molar-refractivity contribution in [3.8, 4) is 11.5 Å². The zero-order valence-corrected chi connectivity index (χ0v) is 16.8. The number of nitrogens with zero attached hydrogens (tertiary/aromatic N) is 1. The van der Waals surface area contributed by atoms with E-state index in [4.69, 9.17) is 15.2 Å². The molecule has 0 fully saturated rings. The minimum Gasteiger partial charge on any atom is -0.492 e. The lowest BCUT2D eigenvalue weighted by molar-refractivity contribution is 0.0846. The van der Waals surface area contributed by atoms with E-state index in [9.17, 15) is 9.59 Å². The molecule has 6 heteroatoms. The van der Waals surface area contributed by atoms with E-state index < -0.39 is 11.5 Å². The van der Waals surface area contributed by atoms with Crippen LogP contribution in [-0.2, 0) is 5.60 Å². The van der Waals surface area contributed by atoms with Crippen LogP contribution in [0.3, 0.4) is 0 Å². The van der Waals surface area contributed by atoms with E-state index in [0.29, 0.717) is 29.2 Å². The van der Waals surface area contributed by atoms with Gasteiger partial charge in [0.1, 0.15) is 11.5 Å². The van der Waals surface area contributed by atoms with Gasteiger partial charge in [-0.15, -0.1) is 0 Å². The second kappa shape index (κ2) is 7.63. The zero-order chi connectivity index (χ0) is 21.3. The zero-order valence-electron chi connectivity index (χ0n) is 16.8. The highest BCUT2D eigenvalue weighted by molar-refractivity contribution is 6.01. The molecule has 2 heterocycles. The molecule has 3 aromatic rings. The summed E-state index contributed by atoms with van der Waals surface area (Å²) in [4.78, 5) is 27.9. The smallest absolute Gasteiger partial charge is 0.248 e. The van der Waals surface area contributed by atoms with Crippen LogP contribution in [0.25, 0.3) is 0 Å². The Labute approximate surface area is 174 Å². The Morgan fingerprint density at radius 3 is 2.43 bits per heavy atom. The third-order valence-corrected chi connectivity index (χ3v) is 5.43. The summed E-state index contributed by atoms with van der Waals surface area (Å²) in [5.74, 6) is 0.516. The second-order valence-corrected chi connectivity index (χ2v) is 7.55. The molecule has 1 aliphatic rings. The number of pyridine rings is 1. The topological polar surface area (TPSA) is 91.5 Å². The maximum absolute atomic E-state index is 12.4. The second-order valence-electron chi connectivity index (χ2n) is 7.55. The molecule has 0 saturated heterocycles. The Kier molecular flexibility index (Phi) is 4.99. The van der Waals surface area contributed by atoms with Crippen molar-refractivity contribution in [2.75, 3.05) is 6.61 Å². The van der Waals surface area contributed by atoms with E-state index in [-0.39, 0.29) is 11.7 Å². The minimum absolute atomic E-state index is 0.0711. The van der Waals surface area contributed by atoms with E-state index in [1.54, 1.807) is 42.7 Å². The van der Waals surface area contributed by atoms with Crippen molar-refractivity contribution in [1.29, 1.82) is 0 Å². The van der Waals surface area contributed by atoms with Crippen LogP contribution < -0.4 is 15.2 Å². The number of ether oxygens (including phenoxy) is 2. The number of rotatable bonds is 5. The van der Waals surface area contributed by atoms with Crippen molar-refractivity contribution in [3.05, 3.63) is 89.2 Å². The summed E-state index contributed by atoms with van der Waals surface area (Å²) in [7, 11) is 0. The largest absolute Gasteiger partial charge is 0.492 e. The molecule has 0 unspecified atom stereocenters. The molecule has 0 bridgehead atoms. The van der Waals surface area contributed by atoms with Gasteiger partial charge in [-0.25, -0.2) is 0 Å². The van der Waals surface area contributed by atoms with Crippen LogP contribution in [0, 0.1) is 5.92 Å². The van der Waals surface area contributed by atoms with Gasteiger partial charge in [0.2, 0.25) is 5.91 Å². The molecule has 6 nitrogen and oxygen atoms in total. The van der Waals surface area contributed by atoms with Gasteiger partial charge in [-0.2, -0.15) is 0 Å². The number of hydrogen-bond acceptors (Lipinski definition) is 5. The van der Waals surface area contributed by atoms with E-state index >= 15 is 0 Å². The fraction of sp³-hybridized carbons (Fsp3) is 0.208. The number of benzene rings is 2. The first-order valence-electron chi connectivity index (χ1n) is 9.69. The molecule has 30 heavy (non-hydrogen) atoms. The average molecular weight is 402 g/mol. The Hall–Kier alpha value is -3.67. The standard InChI is InChI=1S/C24H22N2O4/c1-15-14-29-21-13-19(7-8-20(21)22(15)27)30-24(2,18-9-11-26-12-10-18)17-5-3-16(4-6-17)23(25)28/h3-13,15H,14H2,1-2H3,(H2,25,28)/t15-,24+/m1/s1. The molecule has 0 spiro atoms. The molecule has 1 aromatic heterocycles. The summed E-state index contributed by atoms with van der Waals surface area (Å²) >= 11 is 0. The Morgan fingerprint density at radius 1 is 1.10 bits per heavy atom. The van der Waals surface area contributed by atoms with Crippen molar-refractivity contribution < 1.29 is 19.1 Å². The quantitative estimate of drug-likeness (QED) is 0.702. The number of primary amides is 1. The maximum atomic E-state index is 12.4. The Balaban J connectivity index is 1.74. The van der Waals surface area contributed by atoms with Gasteiger partial charge in [-0.05, 0) is 48.9 Å². The van der Waals surface area contributed by atoms with Crippen LogP contribution in [0.1, 0.15) is 45.7 Å². The molecule has 2 N–H and O–H groups in total. The Bertz CT molecular complexity index is 1100. The molecule has 152 valence electrons. The van der Waals surface area contributed by atoms with Crippen LogP contribution in [-0.4, -0.2) is 23.3 Å². The molecular formula is C24H22N2O4. The number of hydrogen-bond donors (Lipinski definition) is 1. The number of carbonyl (C=O) groups excluding carboxylic acids is 2. The van der Waals surface area contributed by atoms with Crippen molar-refractivity contribution >= 4 is 11.7 Å². The molecule has 2 aromatic carbocycles. The first kappa shape index (κ1) is 19.6.